The van der Waals surface area contributed by atoms with E-state index >= 15 is 0 Å². The molecule has 0 aliphatic rings. The molecule has 0 spiro atoms. The van der Waals surface area contributed by atoms with Gasteiger partial charge in [0.25, 0.3) is 5.91 Å². The second-order valence-corrected chi connectivity index (χ2v) is 4.82. The summed E-state index contributed by atoms with van der Waals surface area (Å²) in [6, 6.07) is 6.68. The quantitative estimate of drug-likeness (QED) is 0.742. The molecule has 0 radical (unpaired) electrons. The number of hydrogen-bond acceptors (Lipinski definition) is 5. The number of benzene rings is 1. The molecule has 1 heterocycles. The van der Waals surface area contributed by atoms with E-state index in [1.807, 2.05) is 13.8 Å². The minimum atomic E-state index is -0.267. The van der Waals surface area contributed by atoms with E-state index in [0.29, 0.717) is 17.0 Å². The molecule has 2 rings (SSSR count). The first-order chi connectivity index (χ1) is 9.61. The fraction of sp³-hybridized carbons (Fsp3) is 0.385. The summed E-state index contributed by atoms with van der Waals surface area (Å²) < 4.78 is 0. The Morgan fingerprint density at radius 1 is 1.45 bits per heavy atom. The van der Waals surface area contributed by atoms with Crippen molar-refractivity contribution < 1.29 is 9.90 Å². The van der Waals surface area contributed by atoms with Gasteiger partial charge in [0, 0.05) is 11.1 Å². The van der Waals surface area contributed by atoms with Crippen LogP contribution in [0, 0.1) is 5.92 Å². The maximum absolute atomic E-state index is 12.2. The minimum Gasteiger partial charge on any atom is -0.394 e. The van der Waals surface area contributed by atoms with Crippen molar-refractivity contribution in [2.24, 2.45) is 5.92 Å². The number of hydrogen-bond donors (Lipinski definition) is 3. The maximum Gasteiger partial charge on any atom is 0.251 e. The number of aliphatic hydroxyl groups is 1. The van der Waals surface area contributed by atoms with E-state index in [9.17, 15) is 9.90 Å². The lowest BCUT2D eigenvalue weighted by Crippen LogP contribution is -2.41. The second-order valence-electron chi connectivity index (χ2n) is 4.82. The van der Waals surface area contributed by atoms with Gasteiger partial charge in [0.15, 0.2) is 0 Å². The normalized spacial score (nSPS) is 12.4. The van der Waals surface area contributed by atoms with Gasteiger partial charge in [-0.25, -0.2) is 0 Å². The Kier molecular flexibility index (Phi) is 4.41. The van der Waals surface area contributed by atoms with Crippen molar-refractivity contribution in [3.8, 4) is 11.4 Å². The predicted octanol–water partition coefficient (Wildman–Crippen LogP) is 0.613. The molecule has 0 saturated heterocycles. The monoisotopic (exact) mass is 275 g/mol. The number of H-pyrrole nitrogens is 1. The smallest absolute Gasteiger partial charge is 0.251 e. The highest BCUT2D eigenvalue weighted by Gasteiger charge is 2.16. The highest BCUT2D eigenvalue weighted by atomic mass is 16.3. The van der Waals surface area contributed by atoms with Gasteiger partial charge in [-0.15, -0.1) is 10.2 Å². The number of carbonyl (C=O) groups is 1. The van der Waals surface area contributed by atoms with Crippen molar-refractivity contribution in [3.05, 3.63) is 29.8 Å². The first kappa shape index (κ1) is 14.1. The molecule has 0 aliphatic carbocycles. The molecule has 1 aromatic carbocycles. The Morgan fingerprint density at radius 3 is 2.85 bits per heavy atom. The molecule has 106 valence electrons. The first-order valence-corrected chi connectivity index (χ1v) is 6.37. The number of nitrogens with zero attached hydrogens (tertiary/aromatic N) is 3. The van der Waals surface area contributed by atoms with Gasteiger partial charge in [0.2, 0.25) is 5.82 Å². The van der Waals surface area contributed by atoms with E-state index in [1.165, 1.54) is 0 Å². The molecular formula is C13H17N5O2. The molecule has 1 unspecified atom stereocenters. The molecule has 20 heavy (non-hydrogen) atoms. The number of nitrogens with one attached hydrogen (secondary N) is 2. The highest BCUT2D eigenvalue weighted by Crippen LogP contribution is 2.15. The van der Waals surface area contributed by atoms with Gasteiger partial charge in [-0.1, -0.05) is 26.0 Å². The van der Waals surface area contributed by atoms with Crippen LogP contribution in [-0.2, 0) is 0 Å². The third-order valence-corrected chi connectivity index (χ3v) is 3.05. The van der Waals surface area contributed by atoms with E-state index in [2.05, 4.69) is 25.9 Å². The lowest BCUT2D eigenvalue weighted by Gasteiger charge is -2.19. The number of aromatic amines is 1. The Hall–Kier alpha value is -2.28. The van der Waals surface area contributed by atoms with Gasteiger partial charge < -0.3 is 10.4 Å². The van der Waals surface area contributed by atoms with Crippen LogP contribution in [0.3, 0.4) is 0 Å². The molecule has 3 N–H and O–H groups in total. The number of aliphatic hydroxyl groups excluding tert-OH is 1. The summed E-state index contributed by atoms with van der Waals surface area (Å²) in [4.78, 5) is 12.2. The molecule has 0 bridgehead atoms. The molecule has 1 aromatic heterocycles. The third kappa shape index (κ3) is 3.18. The summed E-state index contributed by atoms with van der Waals surface area (Å²) in [6.45, 7) is 3.79. The summed E-state index contributed by atoms with van der Waals surface area (Å²) >= 11 is 0. The summed E-state index contributed by atoms with van der Waals surface area (Å²) in [7, 11) is 0. The van der Waals surface area contributed by atoms with Crippen molar-refractivity contribution in [2.75, 3.05) is 6.61 Å². The van der Waals surface area contributed by atoms with Crippen molar-refractivity contribution in [2.45, 2.75) is 19.9 Å². The average Bonchev–Trinajstić information content (AvgIpc) is 2.98. The molecule has 7 heteroatoms. The molecule has 2 aromatic rings. The van der Waals surface area contributed by atoms with Crippen LogP contribution in [0.2, 0.25) is 0 Å². The maximum atomic E-state index is 12.2. The van der Waals surface area contributed by atoms with Crippen molar-refractivity contribution in [1.29, 1.82) is 0 Å². The largest absolute Gasteiger partial charge is 0.394 e. The summed E-state index contributed by atoms with van der Waals surface area (Å²) in [5.41, 5.74) is 1.20. The minimum absolute atomic E-state index is 0.0893. The van der Waals surface area contributed by atoms with Crippen molar-refractivity contribution >= 4 is 5.91 Å². The van der Waals surface area contributed by atoms with Gasteiger partial charge in [0.05, 0.1) is 12.6 Å². The van der Waals surface area contributed by atoms with Crippen LogP contribution >= 0.6 is 0 Å². The van der Waals surface area contributed by atoms with Gasteiger partial charge in [-0.3, -0.25) is 4.79 Å². The topological polar surface area (TPSA) is 104 Å². The molecular weight excluding hydrogens is 258 g/mol. The molecule has 1 atom stereocenters. The van der Waals surface area contributed by atoms with Crippen LogP contribution in [0.25, 0.3) is 11.4 Å². The van der Waals surface area contributed by atoms with E-state index in [4.69, 9.17) is 0 Å². The van der Waals surface area contributed by atoms with Crippen LogP contribution in [0.15, 0.2) is 24.3 Å². The predicted molar refractivity (Wildman–Crippen MR) is 72.8 cm³/mol. The molecule has 0 aliphatic heterocycles. The van der Waals surface area contributed by atoms with Crippen molar-refractivity contribution in [3.63, 3.8) is 0 Å². The molecule has 0 fully saturated rings. The fourth-order valence-electron chi connectivity index (χ4n) is 1.76. The van der Waals surface area contributed by atoms with Crippen LogP contribution in [0.4, 0.5) is 0 Å². The van der Waals surface area contributed by atoms with E-state index in [0.717, 1.165) is 0 Å². The number of amides is 1. The van der Waals surface area contributed by atoms with E-state index in [-0.39, 0.29) is 24.5 Å². The average molecular weight is 275 g/mol. The zero-order chi connectivity index (χ0) is 14.5. The Labute approximate surface area is 116 Å². The molecule has 7 nitrogen and oxygen atoms in total. The van der Waals surface area contributed by atoms with Gasteiger partial charge >= 0.3 is 0 Å². The fourth-order valence-corrected chi connectivity index (χ4v) is 1.76. The Bertz CT molecular complexity index is 568. The van der Waals surface area contributed by atoms with E-state index in [1.54, 1.807) is 24.3 Å². The van der Waals surface area contributed by atoms with Crippen LogP contribution in [-0.4, -0.2) is 44.3 Å². The standard InChI is InChI=1S/C13H17N5O2/c1-8(2)11(7-19)14-13(20)10-5-3-4-9(6-10)12-15-17-18-16-12/h3-6,8,11,19H,7H2,1-2H3,(H,14,20)(H,15,16,17,18). The number of tetrazole rings is 1. The highest BCUT2D eigenvalue weighted by molar-refractivity contribution is 5.95. The Balaban J connectivity index is 2.17. The SMILES string of the molecule is CC(C)C(CO)NC(=O)c1cccc(-c2nn[nH]n2)c1. The lowest BCUT2D eigenvalue weighted by atomic mass is 10.0. The zero-order valence-corrected chi connectivity index (χ0v) is 11.4. The van der Waals surface area contributed by atoms with E-state index < -0.39 is 0 Å². The first-order valence-electron chi connectivity index (χ1n) is 6.37. The Morgan fingerprint density at radius 2 is 2.25 bits per heavy atom. The zero-order valence-electron chi connectivity index (χ0n) is 11.4. The lowest BCUT2D eigenvalue weighted by molar-refractivity contribution is 0.0897. The molecule has 0 saturated carbocycles. The van der Waals surface area contributed by atoms with Crippen molar-refractivity contribution in [1.82, 2.24) is 25.9 Å². The van der Waals surface area contributed by atoms with Crippen LogP contribution in [0.5, 0.6) is 0 Å². The molecule has 1 amide bonds. The van der Waals surface area contributed by atoms with Crippen LogP contribution in [0.1, 0.15) is 24.2 Å². The van der Waals surface area contributed by atoms with Gasteiger partial charge in [-0.2, -0.15) is 5.21 Å². The third-order valence-electron chi connectivity index (χ3n) is 3.05. The van der Waals surface area contributed by atoms with Gasteiger partial charge in [0.1, 0.15) is 0 Å². The summed E-state index contributed by atoms with van der Waals surface area (Å²) in [5, 5.41) is 25.7. The summed E-state index contributed by atoms with van der Waals surface area (Å²) in [6.07, 6.45) is 0. The number of carbonyl (C=O) groups excluding carboxylic acids is 1. The van der Waals surface area contributed by atoms with Gasteiger partial charge in [-0.05, 0) is 23.3 Å². The second kappa shape index (κ2) is 6.25. The summed E-state index contributed by atoms with van der Waals surface area (Å²) in [5.74, 6) is 0.356. The number of rotatable bonds is 5. The van der Waals surface area contributed by atoms with Crippen LogP contribution < -0.4 is 5.32 Å². The number of aromatic nitrogens is 4.